The minimum Gasteiger partial charge on any atom is -0.382 e. The molecule has 0 unspecified atom stereocenters. The van der Waals surface area contributed by atoms with E-state index in [0.29, 0.717) is 11.7 Å². The molecule has 0 bridgehead atoms. The first-order valence-corrected chi connectivity index (χ1v) is 4.95. The molecule has 2 heteroatoms. The average molecular weight is 170 g/mol. The van der Waals surface area contributed by atoms with Crippen LogP contribution in [0.5, 0.6) is 0 Å². The van der Waals surface area contributed by atoms with E-state index in [-0.39, 0.29) is 0 Å². The van der Waals surface area contributed by atoms with Crippen LogP contribution in [-0.4, -0.2) is 19.0 Å². The van der Waals surface area contributed by atoms with Crippen LogP contribution in [0.1, 0.15) is 39.0 Å². The van der Waals surface area contributed by atoms with Gasteiger partial charge in [0.1, 0.15) is 5.78 Å². The van der Waals surface area contributed by atoms with E-state index in [1.54, 1.807) is 0 Å². The van der Waals surface area contributed by atoms with Crippen LogP contribution in [0, 0.1) is 5.92 Å². The van der Waals surface area contributed by atoms with Crippen LogP contribution in [0.4, 0.5) is 0 Å². The largest absolute Gasteiger partial charge is 0.382 e. The van der Waals surface area contributed by atoms with Crippen molar-refractivity contribution < 1.29 is 9.53 Å². The van der Waals surface area contributed by atoms with Gasteiger partial charge >= 0.3 is 0 Å². The molecule has 0 radical (unpaired) electrons. The Morgan fingerprint density at radius 2 is 2.33 bits per heavy atom. The van der Waals surface area contributed by atoms with Crippen molar-refractivity contribution in [2.45, 2.75) is 39.0 Å². The van der Waals surface area contributed by atoms with E-state index < -0.39 is 0 Å². The van der Waals surface area contributed by atoms with E-state index in [9.17, 15) is 4.79 Å². The molecule has 1 rings (SSSR count). The van der Waals surface area contributed by atoms with Crippen molar-refractivity contribution in [1.29, 1.82) is 0 Å². The SMILES string of the molecule is CCOCC[C@@H]1CCCCC1=O. The molecule has 2 nitrogen and oxygen atoms in total. The summed E-state index contributed by atoms with van der Waals surface area (Å²) in [4.78, 5) is 11.3. The zero-order valence-corrected chi connectivity index (χ0v) is 7.84. The Bertz CT molecular complexity index is 143. The highest BCUT2D eigenvalue weighted by molar-refractivity contribution is 5.81. The summed E-state index contributed by atoms with van der Waals surface area (Å²) in [6.45, 7) is 3.51. The minimum atomic E-state index is 0.310. The summed E-state index contributed by atoms with van der Waals surface area (Å²) < 4.78 is 5.23. The van der Waals surface area contributed by atoms with Gasteiger partial charge in [-0.25, -0.2) is 0 Å². The molecule has 1 aliphatic rings. The fourth-order valence-corrected chi connectivity index (χ4v) is 1.73. The maximum absolute atomic E-state index is 11.3. The molecule has 0 aromatic heterocycles. The Labute approximate surface area is 74.3 Å². The summed E-state index contributed by atoms with van der Waals surface area (Å²) in [5.74, 6) is 0.770. The second-order valence-electron chi connectivity index (χ2n) is 3.39. The number of ketones is 1. The Kier molecular flexibility index (Phi) is 4.30. The fourth-order valence-electron chi connectivity index (χ4n) is 1.73. The number of hydrogen-bond donors (Lipinski definition) is 0. The van der Waals surface area contributed by atoms with Crippen molar-refractivity contribution in [1.82, 2.24) is 0 Å². The first-order chi connectivity index (χ1) is 5.84. The number of carbonyl (C=O) groups excluding carboxylic acids is 1. The molecule has 0 spiro atoms. The average Bonchev–Trinajstić information content (AvgIpc) is 2.09. The number of ether oxygens (including phenoxy) is 1. The van der Waals surface area contributed by atoms with Crippen LogP contribution in [0.25, 0.3) is 0 Å². The lowest BCUT2D eigenvalue weighted by Crippen LogP contribution is -2.20. The smallest absolute Gasteiger partial charge is 0.136 e. The van der Waals surface area contributed by atoms with Crippen LogP contribution in [-0.2, 0) is 9.53 Å². The summed E-state index contributed by atoms with van der Waals surface area (Å²) in [6.07, 6.45) is 5.15. The highest BCUT2D eigenvalue weighted by Crippen LogP contribution is 2.23. The topological polar surface area (TPSA) is 26.3 Å². The summed E-state index contributed by atoms with van der Waals surface area (Å²) in [6, 6.07) is 0. The summed E-state index contributed by atoms with van der Waals surface area (Å²) in [5, 5.41) is 0. The zero-order chi connectivity index (χ0) is 8.81. The van der Waals surface area contributed by atoms with Gasteiger partial charge in [-0.2, -0.15) is 0 Å². The number of rotatable bonds is 4. The highest BCUT2D eigenvalue weighted by atomic mass is 16.5. The van der Waals surface area contributed by atoms with E-state index in [2.05, 4.69) is 0 Å². The Morgan fingerprint density at radius 1 is 1.50 bits per heavy atom. The highest BCUT2D eigenvalue weighted by Gasteiger charge is 2.21. The summed E-state index contributed by atoms with van der Waals surface area (Å²) >= 11 is 0. The maximum atomic E-state index is 11.3. The lowest BCUT2D eigenvalue weighted by atomic mass is 9.86. The third-order valence-electron chi connectivity index (χ3n) is 2.50. The molecule has 0 heterocycles. The number of Topliss-reactive ketones (excluding diaryl/α,β-unsaturated/α-hetero) is 1. The van der Waals surface area contributed by atoms with Crippen LogP contribution in [0.3, 0.4) is 0 Å². The van der Waals surface area contributed by atoms with Crippen LogP contribution in [0.2, 0.25) is 0 Å². The van der Waals surface area contributed by atoms with Crippen molar-refractivity contribution in [2.75, 3.05) is 13.2 Å². The van der Waals surface area contributed by atoms with Gasteiger partial charge in [0.15, 0.2) is 0 Å². The molecular formula is C10H18O2. The first-order valence-electron chi connectivity index (χ1n) is 4.95. The van der Waals surface area contributed by atoms with Gasteiger partial charge in [0.25, 0.3) is 0 Å². The maximum Gasteiger partial charge on any atom is 0.136 e. The zero-order valence-electron chi connectivity index (χ0n) is 7.84. The molecule has 1 saturated carbocycles. The van der Waals surface area contributed by atoms with Gasteiger partial charge in [-0.1, -0.05) is 6.42 Å². The van der Waals surface area contributed by atoms with Crippen LogP contribution >= 0.6 is 0 Å². The van der Waals surface area contributed by atoms with Crippen molar-refractivity contribution in [3.8, 4) is 0 Å². The van der Waals surface area contributed by atoms with Crippen LogP contribution in [0.15, 0.2) is 0 Å². The van der Waals surface area contributed by atoms with Gasteiger partial charge in [-0.3, -0.25) is 4.79 Å². The second-order valence-corrected chi connectivity index (χ2v) is 3.39. The molecule has 0 aromatic carbocycles. The van der Waals surface area contributed by atoms with Gasteiger partial charge < -0.3 is 4.74 Å². The number of hydrogen-bond acceptors (Lipinski definition) is 2. The van der Waals surface area contributed by atoms with E-state index in [1.165, 1.54) is 6.42 Å². The van der Waals surface area contributed by atoms with E-state index in [4.69, 9.17) is 4.74 Å². The normalized spacial score (nSPS) is 24.4. The van der Waals surface area contributed by atoms with Crippen molar-refractivity contribution in [3.05, 3.63) is 0 Å². The molecule has 0 N–H and O–H groups in total. The third-order valence-corrected chi connectivity index (χ3v) is 2.50. The molecule has 0 saturated heterocycles. The van der Waals surface area contributed by atoms with Gasteiger partial charge in [-0.15, -0.1) is 0 Å². The molecule has 1 atom stereocenters. The Hall–Kier alpha value is -0.370. The third kappa shape index (κ3) is 2.94. The quantitative estimate of drug-likeness (QED) is 0.604. The van der Waals surface area contributed by atoms with Crippen molar-refractivity contribution >= 4 is 5.78 Å². The molecule has 0 aromatic rings. The first kappa shape index (κ1) is 9.72. The molecule has 1 aliphatic carbocycles. The van der Waals surface area contributed by atoms with E-state index >= 15 is 0 Å². The minimum absolute atomic E-state index is 0.310. The van der Waals surface area contributed by atoms with Crippen LogP contribution < -0.4 is 0 Å². The molecule has 0 aliphatic heterocycles. The number of carbonyl (C=O) groups is 1. The molecular weight excluding hydrogens is 152 g/mol. The van der Waals surface area contributed by atoms with E-state index in [1.807, 2.05) is 6.92 Å². The monoisotopic (exact) mass is 170 g/mol. The Morgan fingerprint density at radius 3 is 3.00 bits per heavy atom. The molecule has 70 valence electrons. The van der Waals surface area contributed by atoms with Crippen molar-refractivity contribution in [2.24, 2.45) is 5.92 Å². The summed E-state index contributed by atoms with van der Waals surface area (Å²) in [7, 11) is 0. The Balaban J connectivity index is 2.16. The van der Waals surface area contributed by atoms with Gasteiger partial charge in [0, 0.05) is 25.6 Å². The predicted octanol–water partition coefficient (Wildman–Crippen LogP) is 2.17. The predicted molar refractivity (Wildman–Crippen MR) is 48.1 cm³/mol. The second kappa shape index (κ2) is 5.31. The van der Waals surface area contributed by atoms with Gasteiger partial charge in [0.05, 0.1) is 0 Å². The lowest BCUT2D eigenvalue weighted by molar-refractivity contribution is -0.125. The molecule has 0 amide bonds. The fraction of sp³-hybridized carbons (Fsp3) is 0.900. The van der Waals surface area contributed by atoms with E-state index in [0.717, 1.165) is 38.9 Å². The summed E-state index contributed by atoms with van der Waals surface area (Å²) in [5.41, 5.74) is 0. The standard InChI is InChI=1S/C10H18O2/c1-2-12-8-7-9-5-3-4-6-10(9)11/h9H,2-8H2,1H3/t9-/m0/s1. The van der Waals surface area contributed by atoms with Gasteiger partial charge in [-0.05, 0) is 26.2 Å². The molecule has 1 fully saturated rings. The van der Waals surface area contributed by atoms with Gasteiger partial charge in [0.2, 0.25) is 0 Å². The van der Waals surface area contributed by atoms with Crippen molar-refractivity contribution in [3.63, 3.8) is 0 Å². The molecule has 12 heavy (non-hydrogen) atoms. The lowest BCUT2D eigenvalue weighted by Gasteiger charge is -2.19.